The van der Waals surface area contributed by atoms with Gasteiger partial charge in [-0.2, -0.15) is 4.68 Å². The van der Waals surface area contributed by atoms with E-state index in [0.29, 0.717) is 28.4 Å². The maximum absolute atomic E-state index is 12.5. The second-order valence-electron chi connectivity index (χ2n) is 5.72. The van der Waals surface area contributed by atoms with E-state index in [1.165, 1.54) is 24.2 Å². The average molecular weight is 378 g/mol. The van der Waals surface area contributed by atoms with Gasteiger partial charge in [0.1, 0.15) is 17.8 Å². The lowest BCUT2D eigenvalue weighted by atomic mass is 10.1. The van der Waals surface area contributed by atoms with Crippen LogP contribution in [-0.2, 0) is 16.0 Å². The summed E-state index contributed by atoms with van der Waals surface area (Å²) < 4.78 is 6.82. The minimum absolute atomic E-state index is 0.0880. The van der Waals surface area contributed by atoms with Crippen LogP contribution in [0.1, 0.15) is 5.56 Å². The molecule has 3 aromatic rings. The van der Waals surface area contributed by atoms with Gasteiger partial charge in [0.25, 0.3) is 0 Å². The first-order valence-corrected chi connectivity index (χ1v) is 8.33. The van der Waals surface area contributed by atoms with Gasteiger partial charge in [-0.15, -0.1) is 5.10 Å². The van der Waals surface area contributed by atoms with Gasteiger partial charge in [0, 0.05) is 17.4 Å². The van der Waals surface area contributed by atoms with Gasteiger partial charge in [0.05, 0.1) is 13.5 Å². The van der Waals surface area contributed by atoms with E-state index in [9.17, 15) is 9.59 Å². The average Bonchev–Trinajstić information content (AvgIpc) is 3.23. The number of para-hydroxylation sites is 1. The Labute approximate surface area is 161 Å². The molecule has 0 saturated carbocycles. The molecule has 142 valence electrons. The van der Waals surface area contributed by atoms with Crippen molar-refractivity contribution in [1.29, 1.82) is 0 Å². The number of tetrazole rings is 1. The van der Waals surface area contributed by atoms with Crippen LogP contribution in [0.3, 0.4) is 0 Å². The highest BCUT2D eigenvalue weighted by molar-refractivity contribution is 6.00. The number of rotatable bonds is 7. The Balaban J connectivity index is 1.74. The molecule has 2 N–H and O–H groups in total. The zero-order chi connectivity index (χ0) is 19.9. The van der Waals surface area contributed by atoms with E-state index < -0.39 is 0 Å². The van der Waals surface area contributed by atoms with E-state index in [4.69, 9.17) is 4.74 Å². The molecule has 0 aliphatic carbocycles. The zero-order valence-electron chi connectivity index (χ0n) is 15.1. The first-order chi connectivity index (χ1) is 13.6. The van der Waals surface area contributed by atoms with Crippen molar-refractivity contribution in [1.82, 2.24) is 20.2 Å². The van der Waals surface area contributed by atoms with E-state index in [2.05, 4.69) is 32.7 Å². The number of ether oxygens (including phenoxy) is 1. The predicted molar refractivity (Wildman–Crippen MR) is 103 cm³/mol. The van der Waals surface area contributed by atoms with E-state index in [1.807, 2.05) is 0 Å². The third-order valence-corrected chi connectivity index (χ3v) is 3.87. The fourth-order valence-corrected chi connectivity index (χ4v) is 2.57. The van der Waals surface area contributed by atoms with Crippen LogP contribution >= 0.6 is 0 Å². The largest absolute Gasteiger partial charge is 0.494 e. The summed E-state index contributed by atoms with van der Waals surface area (Å²) in [6, 6.07) is 12.2. The van der Waals surface area contributed by atoms with Crippen molar-refractivity contribution >= 4 is 23.2 Å². The lowest BCUT2D eigenvalue weighted by Crippen LogP contribution is -2.17. The topological polar surface area (TPSA) is 111 Å². The predicted octanol–water partition coefficient (Wildman–Crippen LogP) is 1.98. The van der Waals surface area contributed by atoms with Gasteiger partial charge < -0.3 is 15.4 Å². The lowest BCUT2D eigenvalue weighted by molar-refractivity contribution is -0.115. The van der Waals surface area contributed by atoms with Gasteiger partial charge in [-0.05, 0) is 40.3 Å². The summed E-state index contributed by atoms with van der Waals surface area (Å²) in [6.45, 7) is 3.43. The number of aromatic nitrogens is 4. The van der Waals surface area contributed by atoms with Crippen molar-refractivity contribution in [3.63, 3.8) is 0 Å². The number of hydrogen-bond acceptors (Lipinski definition) is 6. The molecule has 0 unspecified atom stereocenters. The number of carbonyl (C=O) groups is 2. The molecule has 2 aromatic carbocycles. The molecule has 0 bridgehead atoms. The first kappa shape index (κ1) is 18.8. The van der Waals surface area contributed by atoms with Crippen LogP contribution in [0.15, 0.2) is 61.4 Å². The van der Waals surface area contributed by atoms with Gasteiger partial charge in [-0.1, -0.05) is 24.8 Å². The molecule has 2 amide bonds. The van der Waals surface area contributed by atoms with Gasteiger partial charge in [-0.3, -0.25) is 9.59 Å². The molecule has 3 rings (SSSR count). The number of hydrogen-bond donors (Lipinski definition) is 2. The van der Waals surface area contributed by atoms with Crippen LogP contribution in [0.25, 0.3) is 5.69 Å². The number of benzene rings is 2. The maximum atomic E-state index is 12.5. The highest BCUT2D eigenvalue weighted by Crippen LogP contribution is 2.26. The molecule has 1 heterocycles. The Hall–Kier alpha value is -4.01. The van der Waals surface area contributed by atoms with Crippen molar-refractivity contribution in [2.75, 3.05) is 17.7 Å². The monoisotopic (exact) mass is 378 g/mol. The van der Waals surface area contributed by atoms with E-state index in [1.54, 1.807) is 42.5 Å². The molecule has 0 spiro atoms. The minimum Gasteiger partial charge on any atom is -0.494 e. The normalized spacial score (nSPS) is 10.2. The second kappa shape index (κ2) is 8.58. The molecular formula is C19H18N6O3. The summed E-state index contributed by atoms with van der Waals surface area (Å²) in [5.74, 6) is -0.0722. The number of carbonyl (C=O) groups excluding carboxylic acids is 2. The molecule has 28 heavy (non-hydrogen) atoms. The van der Waals surface area contributed by atoms with Gasteiger partial charge in [0.2, 0.25) is 11.8 Å². The summed E-state index contributed by atoms with van der Waals surface area (Å²) in [5, 5.41) is 16.5. The van der Waals surface area contributed by atoms with Crippen LogP contribution in [-0.4, -0.2) is 39.1 Å². The molecule has 0 aliphatic heterocycles. The number of anilines is 2. The number of amides is 2. The van der Waals surface area contributed by atoms with Crippen molar-refractivity contribution in [3.05, 3.63) is 67.0 Å². The molecule has 0 atom stereocenters. The Bertz CT molecular complexity index is 1000. The molecule has 9 heteroatoms. The van der Waals surface area contributed by atoms with Gasteiger partial charge >= 0.3 is 0 Å². The van der Waals surface area contributed by atoms with Crippen LogP contribution < -0.4 is 15.4 Å². The number of nitrogens with zero attached hydrogens (tertiary/aromatic N) is 4. The molecule has 0 aliphatic rings. The Morgan fingerprint density at radius 1 is 1.21 bits per heavy atom. The maximum Gasteiger partial charge on any atom is 0.247 e. The summed E-state index contributed by atoms with van der Waals surface area (Å²) in [7, 11) is 1.52. The third kappa shape index (κ3) is 4.39. The van der Waals surface area contributed by atoms with Crippen molar-refractivity contribution < 1.29 is 14.3 Å². The Morgan fingerprint density at radius 2 is 2.04 bits per heavy atom. The third-order valence-electron chi connectivity index (χ3n) is 3.87. The molecule has 0 fully saturated rings. The van der Waals surface area contributed by atoms with Crippen LogP contribution in [0.4, 0.5) is 11.4 Å². The molecular weight excluding hydrogens is 360 g/mol. The molecule has 1 aromatic heterocycles. The van der Waals surface area contributed by atoms with E-state index >= 15 is 0 Å². The summed E-state index contributed by atoms with van der Waals surface area (Å²) in [6.07, 6.45) is 2.71. The quantitative estimate of drug-likeness (QED) is 0.608. The zero-order valence-corrected chi connectivity index (χ0v) is 15.1. The van der Waals surface area contributed by atoms with E-state index in [-0.39, 0.29) is 18.2 Å². The Morgan fingerprint density at radius 3 is 2.75 bits per heavy atom. The SMILES string of the molecule is C=CC(=O)Nc1ccccc1CC(=O)Nc1ccc(-n2cnnn2)c(OC)c1. The number of nitrogens with one attached hydrogen (secondary N) is 2. The number of methoxy groups -OCH3 is 1. The smallest absolute Gasteiger partial charge is 0.247 e. The fraction of sp³-hybridized carbons (Fsp3) is 0.105. The van der Waals surface area contributed by atoms with Crippen molar-refractivity contribution in [2.24, 2.45) is 0 Å². The summed E-state index contributed by atoms with van der Waals surface area (Å²) in [5.41, 5.74) is 2.45. The molecule has 9 nitrogen and oxygen atoms in total. The lowest BCUT2D eigenvalue weighted by Gasteiger charge is -2.12. The Kier molecular flexibility index (Phi) is 5.75. The van der Waals surface area contributed by atoms with Crippen LogP contribution in [0.2, 0.25) is 0 Å². The van der Waals surface area contributed by atoms with Crippen molar-refractivity contribution in [3.8, 4) is 11.4 Å². The highest BCUT2D eigenvalue weighted by Gasteiger charge is 2.12. The van der Waals surface area contributed by atoms with Gasteiger partial charge in [0.15, 0.2) is 0 Å². The van der Waals surface area contributed by atoms with Crippen LogP contribution in [0, 0.1) is 0 Å². The van der Waals surface area contributed by atoms with E-state index in [0.717, 1.165) is 0 Å². The molecule has 0 radical (unpaired) electrons. The highest BCUT2D eigenvalue weighted by atomic mass is 16.5. The fourth-order valence-electron chi connectivity index (χ4n) is 2.57. The standard InChI is InChI=1S/C19H18N6O3/c1-3-18(26)22-15-7-5-4-6-13(15)10-19(27)21-14-8-9-16(17(11-14)28-2)25-12-20-23-24-25/h3-9,11-12H,1,10H2,2H3,(H,21,27)(H,22,26). The van der Waals surface area contributed by atoms with Gasteiger partial charge in [-0.25, -0.2) is 0 Å². The second-order valence-corrected chi connectivity index (χ2v) is 5.72. The first-order valence-electron chi connectivity index (χ1n) is 8.33. The van der Waals surface area contributed by atoms with Crippen LogP contribution in [0.5, 0.6) is 5.75 Å². The minimum atomic E-state index is -0.337. The molecule has 0 saturated heterocycles. The summed E-state index contributed by atoms with van der Waals surface area (Å²) >= 11 is 0. The summed E-state index contributed by atoms with van der Waals surface area (Å²) in [4.78, 5) is 24.0. The van der Waals surface area contributed by atoms with Crippen molar-refractivity contribution in [2.45, 2.75) is 6.42 Å².